The van der Waals surface area contributed by atoms with Crippen molar-refractivity contribution >= 4 is 5.71 Å². The van der Waals surface area contributed by atoms with Gasteiger partial charge >= 0.3 is 5.69 Å². The number of allylic oxidation sites excluding steroid dienone is 1. The van der Waals surface area contributed by atoms with Gasteiger partial charge in [0.2, 0.25) is 0 Å². The van der Waals surface area contributed by atoms with Gasteiger partial charge in [-0.1, -0.05) is 19.9 Å². The van der Waals surface area contributed by atoms with Gasteiger partial charge in [0.05, 0.1) is 5.69 Å². The van der Waals surface area contributed by atoms with Crippen molar-refractivity contribution in [3.63, 3.8) is 0 Å². The summed E-state index contributed by atoms with van der Waals surface area (Å²) in [5, 5.41) is 0. The third-order valence-corrected chi connectivity index (χ3v) is 3.48. The largest absolute Gasteiger partial charge is 0.331 e. The number of fused-ring (bicyclic) bond motifs is 1. The summed E-state index contributed by atoms with van der Waals surface area (Å²) in [6.45, 7) is 5.79. The molecule has 2 heterocycles. The van der Waals surface area contributed by atoms with E-state index in [9.17, 15) is 18.4 Å². The molecule has 0 radical (unpaired) electrons. The fourth-order valence-electron chi connectivity index (χ4n) is 2.43. The van der Waals surface area contributed by atoms with Gasteiger partial charge in [-0.25, -0.2) is 18.6 Å². The van der Waals surface area contributed by atoms with Crippen molar-refractivity contribution in [2.24, 2.45) is 12.0 Å². The molecule has 21 heavy (non-hydrogen) atoms. The van der Waals surface area contributed by atoms with Gasteiger partial charge in [-0.15, -0.1) is 0 Å². The lowest BCUT2D eigenvalue weighted by Gasteiger charge is -2.22. The summed E-state index contributed by atoms with van der Waals surface area (Å²) in [5.74, 6) is 0. The summed E-state index contributed by atoms with van der Waals surface area (Å²) in [6.07, 6.45) is -1.31. The minimum absolute atomic E-state index is 0.0287. The maximum Gasteiger partial charge on any atom is 0.331 e. The number of hydrogen-bond donors (Lipinski definition) is 0. The Morgan fingerprint density at radius 3 is 2.62 bits per heavy atom. The number of nitrogens with zero attached hydrogens (tertiary/aromatic N) is 3. The van der Waals surface area contributed by atoms with Crippen molar-refractivity contribution in [3.8, 4) is 0 Å². The zero-order valence-corrected chi connectivity index (χ0v) is 12.0. The molecule has 0 aliphatic carbocycles. The molecular weight excluding hydrogens is 280 g/mol. The van der Waals surface area contributed by atoms with E-state index in [2.05, 4.69) is 11.6 Å². The van der Waals surface area contributed by atoms with Crippen LogP contribution >= 0.6 is 0 Å². The Bertz CT molecular complexity index is 729. The zero-order valence-electron chi connectivity index (χ0n) is 12.0. The number of hydrogen-bond acceptors (Lipinski definition) is 3. The van der Waals surface area contributed by atoms with E-state index in [0.29, 0.717) is 6.42 Å². The summed E-state index contributed by atoms with van der Waals surface area (Å²) in [4.78, 5) is 28.2. The van der Waals surface area contributed by atoms with Crippen molar-refractivity contribution in [2.75, 3.05) is 0 Å². The van der Waals surface area contributed by atoms with E-state index >= 15 is 0 Å². The number of alkyl halides is 2. The van der Waals surface area contributed by atoms with Gasteiger partial charge in [0, 0.05) is 31.3 Å². The molecule has 0 fully saturated rings. The molecule has 0 saturated carbocycles. The van der Waals surface area contributed by atoms with Gasteiger partial charge in [0.1, 0.15) is 5.71 Å². The van der Waals surface area contributed by atoms with E-state index in [-0.39, 0.29) is 29.9 Å². The minimum atomic E-state index is -2.86. The molecule has 0 saturated heterocycles. The molecule has 1 aromatic rings. The lowest BCUT2D eigenvalue weighted by atomic mass is 10.0. The Balaban J connectivity index is 2.81. The molecule has 2 rings (SSSR count). The molecule has 0 N–H and O–H groups in total. The number of rotatable bonds is 4. The van der Waals surface area contributed by atoms with Crippen molar-refractivity contribution in [1.82, 2.24) is 9.13 Å². The summed E-state index contributed by atoms with van der Waals surface area (Å²) >= 11 is 0. The molecule has 0 spiro atoms. The predicted molar refractivity (Wildman–Crippen MR) is 76.2 cm³/mol. The summed E-state index contributed by atoms with van der Waals surface area (Å²) in [5.41, 5.74) is -1.34. The lowest BCUT2D eigenvalue weighted by molar-refractivity contribution is 0.225. The van der Waals surface area contributed by atoms with E-state index < -0.39 is 23.4 Å². The van der Waals surface area contributed by atoms with Crippen molar-refractivity contribution in [2.45, 2.75) is 39.2 Å². The molecule has 0 amide bonds. The highest BCUT2D eigenvalue weighted by Gasteiger charge is 2.30. The number of halogens is 2. The highest BCUT2D eigenvalue weighted by molar-refractivity contribution is 6.04. The average Bonchev–Trinajstić information content (AvgIpc) is 2.44. The van der Waals surface area contributed by atoms with Crippen LogP contribution in [0.4, 0.5) is 8.78 Å². The van der Waals surface area contributed by atoms with Gasteiger partial charge < -0.3 is 0 Å². The van der Waals surface area contributed by atoms with Crippen LogP contribution < -0.4 is 11.2 Å². The van der Waals surface area contributed by atoms with Crippen molar-refractivity contribution in [1.29, 1.82) is 0 Å². The van der Waals surface area contributed by atoms with E-state index in [1.807, 2.05) is 6.92 Å². The first-order valence-corrected chi connectivity index (χ1v) is 6.76. The number of aliphatic imine (C=N–C) groups is 1. The molecule has 0 atom stereocenters. The van der Waals surface area contributed by atoms with Crippen LogP contribution in [0.1, 0.15) is 31.0 Å². The van der Waals surface area contributed by atoms with E-state index in [0.717, 1.165) is 11.0 Å². The van der Waals surface area contributed by atoms with E-state index in [1.165, 1.54) is 11.6 Å². The first kappa shape index (κ1) is 15.3. The summed E-state index contributed by atoms with van der Waals surface area (Å²) < 4.78 is 28.7. The standard InChI is InChI=1S/C14H17F2N3O2/c1-4-5-6-19-11-9(13(20)18(3)14(19)21)7-8(2)17-10(11)12(15)16/h12H,2,4-7H2,1,3H3. The molecule has 0 bridgehead atoms. The number of aromatic nitrogens is 2. The molecule has 1 aliphatic rings. The fourth-order valence-corrected chi connectivity index (χ4v) is 2.43. The Labute approximate surface area is 120 Å². The maximum absolute atomic E-state index is 13.2. The third kappa shape index (κ3) is 2.59. The minimum Gasteiger partial charge on any atom is -0.291 e. The highest BCUT2D eigenvalue weighted by atomic mass is 19.3. The van der Waals surface area contributed by atoms with Crippen LogP contribution in [-0.4, -0.2) is 21.3 Å². The molecule has 1 aromatic heterocycles. The quantitative estimate of drug-likeness (QED) is 0.845. The van der Waals surface area contributed by atoms with Gasteiger partial charge in [0.25, 0.3) is 12.0 Å². The second-order valence-corrected chi connectivity index (χ2v) is 5.02. The maximum atomic E-state index is 13.2. The predicted octanol–water partition coefficient (Wildman–Crippen LogP) is 1.47. The van der Waals surface area contributed by atoms with Crippen LogP contribution in [0.5, 0.6) is 0 Å². The molecule has 5 nitrogen and oxygen atoms in total. The normalized spacial score (nSPS) is 14.3. The lowest BCUT2D eigenvalue weighted by Crippen LogP contribution is -2.45. The summed E-state index contributed by atoms with van der Waals surface area (Å²) in [7, 11) is 1.35. The number of unbranched alkanes of at least 4 members (excludes halogenated alkanes) is 1. The van der Waals surface area contributed by atoms with E-state index in [1.54, 1.807) is 0 Å². The third-order valence-electron chi connectivity index (χ3n) is 3.48. The van der Waals surface area contributed by atoms with E-state index in [4.69, 9.17) is 0 Å². The molecule has 1 aliphatic heterocycles. The summed E-state index contributed by atoms with van der Waals surface area (Å²) in [6, 6.07) is 0. The van der Waals surface area contributed by atoms with Crippen LogP contribution in [0, 0.1) is 0 Å². The Morgan fingerprint density at radius 1 is 1.38 bits per heavy atom. The SMILES string of the molecule is C=C1Cc2c(n(CCCC)c(=O)n(C)c2=O)C(C(F)F)=N1. The Hall–Kier alpha value is -2.05. The van der Waals surface area contributed by atoms with Gasteiger partial charge in [-0.2, -0.15) is 0 Å². The van der Waals surface area contributed by atoms with Crippen molar-refractivity contribution in [3.05, 3.63) is 44.4 Å². The Kier molecular flexibility index (Phi) is 4.20. The monoisotopic (exact) mass is 297 g/mol. The van der Waals surface area contributed by atoms with Crippen LogP contribution in [0.25, 0.3) is 0 Å². The van der Waals surface area contributed by atoms with Gasteiger partial charge in [-0.05, 0) is 6.42 Å². The molecule has 0 aromatic carbocycles. The second kappa shape index (κ2) is 5.75. The zero-order chi connectivity index (χ0) is 15.7. The smallest absolute Gasteiger partial charge is 0.291 e. The second-order valence-electron chi connectivity index (χ2n) is 5.02. The molecule has 0 unspecified atom stereocenters. The first-order valence-electron chi connectivity index (χ1n) is 6.76. The van der Waals surface area contributed by atoms with Crippen LogP contribution in [0.3, 0.4) is 0 Å². The van der Waals surface area contributed by atoms with Gasteiger partial charge in [-0.3, -0.25) is 13.9 Å². The molecular formula is C14H17F2N3O2. The topological polar surface area (TPSA) is 56.4 Å². The van der Waals surface area contributed by atoms with Gasteiger partial charge in [0.15, 0.2) is 0 Å². The average molecular weight is 297 g/mol. The van der Waals surface area contributed by atoms with Crippen molar-refractivity contribution < 1.29 is 8.78 Å². The highest BCUT2D eigenvalue weighted by Crippen LogP contribution is 2.21. The van der Waals surface area contributed by atoms with Crippen LogP contribution in [0.2, 0.25) is 0 Å². The van der Waals surface area contributed by atoms with Crippen LogP contribution in [0.15, 0.2) is 26.9 Å². The fraction of sp³-hybridized carbons (Fsp3) is 0.500. The molecule has 7 heteroatoms. The molecule has 114 valence electrons. The van der Waals surface area contributed by atoms with Crippen LogP contribution in [-0.2, 0) is 20.0 Å². The Morgan fingerprint density at radius 2 is 2.05 bits per heavy atom. The first-order chi connectivity index (χ1) is 9.88.